The van der Waals surface area contributed by atoms with Crippen LogP contribution in [0.1, 0.15) is 19.4 Å². The second kappa shape index (κ2) is 6.52. The minimum absolute atomic E-state index is 0.631. The number of rotatable bonds is 5. The fraction of sp³-hybridized carbons (Fsp3) is 0.357. The third-order valence-electron chi connectivity index (χ3n) is 3.05. The Hall–Kier alpha value is -1.88. The van der Waals surface area contributed by atoms with Crippen LogP contribution >= 0.6 is 11.6 Å². The van der Waals surface area contributed by atoms with Gasteiger partial charge in [-0.15, -0.1) is 5.10 Å². The molecule has 0 unspecified atom stereocenters. The standard InChI is InChI=1S/C14H18ClN5/c1-4-20(5-2)14-18-13(9-16-19-14)17-12-7-6-11(15)8-10(12)3/h6-9H,4-5H2,1-3H3,(H,17,18,19). The Morgan fingerprint density at radius 3 is 2.65 bits per heavy atom. The molecule has 1 heterocycles. The van der Waals surface area contributed by atoms with Crippen LogP contribution in [0.15, 0.2) is 24.4 Å². The lowest BCUT2D eigenvalue weighted by molar-refractivity contribution is 0.796. The van der Waals surface area contributed by atoms with Crippen LogP contribution in [0.2, 0.25) is 5.02 Å². The van der Waals surface area contributed by atoms with Gasteiger partial charge in [-0.2, -0.15) is 10.1 Å². The molecule has 0 amide bonds. The van der Waals surface area contributed by atoms with Crippen LogP contribution in [0.5, 0.6) is 0 Å². The average Bonchev–Trinajstić information content (AvgIpc) is 2.44. The summed E-state index contributed by atoms with van der Waals surface area (Å²) in [6.45, 7) is 7.82. The van der Waals surface area contributed by atoms with E-state index in [2.05, 4.69) is 34.3 Å². The van der Waals surface area contributed by atoms with Crippen molar-refractivity contribution in [2.24, 2.45) is 0 Å². The second-order valence-corrected chi connectivity index (χ2v) is 4.83. The van der Waals surface area contributed by atoms with Gasteiger partial charge in [-0.25, -0.2) is 0 Å². The SMILES string of the molecule is CCN(CC)c1nncc(Nc2ccc(Cl)cc2C)n1. The second-order valence-electron chi connectivity index (χ2n) is 4.40. The first-order valence-corrected chi connectivity index (χ1v) is 6.99. The quantitative estimate of drug-likeness (QED) is 0.915. The van der Waals surface area contributed by atoms with Crippen LogP contribution in [0.25, 0.3) is 0 Å². The number of aromatic nitrogens is 3. The number of hydrogen-bond acceptors (Lipinski definition) is 5. The third kappa shape index (κ3) is 3.36. The first kappa shape index (κ1) is 14.5. The lowest BCUT2D eigenvalue weighted by atomic mass is 10.2. The molecular formula is C14H18ClN5. The van der Waals surface area contributed by atoms with Gasteiger partial charge in [0, 0.05) is 23.8 Å². The highest BCUT2D eigenvalue weighted by Crippen LogP contribution is 2.22. The van der Waals surface area contributed by atoms with Crippen LogP contribution in [0.4, 0.5) is 17.5 Å². The molecule has 20 heavy (non-hydrogen) atoms. The Morgan fingerprint density at radius 1 is 1.25 bits per heavy atom. The number of nitrogens with one attached hydrogen (secondary N) is 1. The fourth-order valence-electron chi connectivity index (χ4n) is 1.90. The summed E-state index contributed by atoms with van der Waals surface area (Å²) in [6, 6.07) is 5.68. The van der Waals surface area contributed by atoms with E-state index in [4.69, 9.17) is 11.6 Å². The molecule has 0 fully saturated rings. The minimum atomic E-state index is 0.631. The summed E-state index contributed by atoms with van der Waals surface area (Å²) in [4.78, 5) is 6.53. The minimum Gasteiger partial charge on any atom is -0.340 e. The monoisotopic (exact) mass is 291 g/mol. The molecule has 1 aromatic carbocycles. The summed E-state index contributed by atoms with van der Waals surface area (Å²) in [5.74, 6) is 1.30. The van der Waals surface area contributed by atoms with Gasteiger partial charge in [-0.3, -0.25) is 0 Å². The van der Waals surface area contributed by atoms with Gasteiger partial charge in [0.1, 0.15) is 0 Å². The van der Waals surface area contributed by atoms with E-state index < -0.39 is 0 Å². The molecule has 0 saturated carbocycles. The molecule has 5 nitrogen and oxygen atoms in total. The zero-order valence-electron chi connectivity index (χ0n) is 11.9. The Labute approximate surface area is 124 Å². The van der Waals surface area contributed by atoms with E-state index in [1.807, 2.05) is 30.0 Å². The predicted octanol–water partition coefficient (Wildman–Crippen LogP) is 3.42. The fourth-order valence-corrected chi connectivity index (χ4v) is 2.13. The van der Waals surface area contributed by atoms with Gasteiger partial charge in [0.15, 0.2) is 5.82 Å². The molecule has 0 aliphatic rings. The van der Waals surface area contributed by atoms with Crippen LogP contribution in [-0.4, -0.2) is 28.3 Å². The Balaban J connectivity index is 2.23. The number of benzene rings is 1. The summed E-state index contributed by atoms with van der Waals surface area (Å²) < 4.78 is 0. The first-order chi connectivity index (χ1) is 9.63. The largest absolute Gasteiger partial charge is 0.340 e. The molecule has 0 saturated heterocycles. The Morgan fingerprint density at radius 2 is 2.00 bits per heavy atom. The van der Waals surface area contributed by atoms with Crippen LogP contribution in [-0.2, 0) is 0 Å². The zero-order valence-corrected chi connectivity index (χ0v) is 12.6. The molecule has 2 rings (SSSR count). The molecule has 0 atom stereocenters. The van der Waals surface area contributed by atoms with Gasteiger partial charge < -0.3 is 10.2 Å². The highest BCUT2D eigenvalue weighted by atomic mass is 35.5. The number of hydrogen-bond donors (Lipinski definition) is 1. The molecule has 0 aliphatic heterocycles. The van der Waals surface area contributed by atoms with Crippen molar-refractivity contribution >= 4 is 29.1 Å². The van der Waals surface area contributed by atoms with E-state index in [0.29, 0.717) is 11.8 Å². The van der Waals surface area contributed by atoms with E-state index in [0.717, 1.165) is 29.4 Å². The van der Waals surface area contributed by atoms with Gasteiger partial charge >= 0.3 is 0 Å². The van der Waals surface area contributed by atoms with E-state index >= 15 is 0 Å². The molecule has 0 spiro atoms. The Kier molecular flexibility index (Phi) is 4.74. The van der Waals surface area contributed by atoms with Crippen molar-refractivity contribution in [2.45, 2.75) is 20.8 Å². The number of nitrogens with zero attached hydrogens (tertiary/aromatic N) is 4. The first-order valence-electron chi connectivity index (χ1n) is 6.61. The van der Waals surface area contributed by atoms with E-state index in [1.54, 1.807) is 6.20 Å². The lowest BCUT2D eigenvalue weighted by Crippen LogP contribution is -2.24. The maximum Gasteiger partial charge on any atom is 0.247 e. The van der Waals surface area contributed by atoms with Crippen molar-refractivity contribution in [3.8, 4) is 0 Å². The van der Waals surface area contributed by atoms with Gasteiger partial charge in [0.25, 0.3) is 0 Å². The van der Waals surface area contributed by atoms with E-state index in [1.165, 1.54) is 0 Å². The van der Waals surface area contributed by atoms with Crippen LogP contribution in [0.3, 0.4) is 0 Å². The zero-order chi connectivity index (χ0) is 14.5. The van der Waals surface area contributed by atoms with Gasteiger partial charge in [0.05, 0.1) is 6.20 Å². The molecule has 1 N–H and O–H groups in total. The summed E-state index contributed by atoms with van der Waals surface area (Å²) >= 11 is 5.95. The summed E-state index contributed by atoms with van der Waals surface area (Å²) in [5.41, 5.74) is 2.01. The summed E-state index contributed by atoms with van der Waals surface area (Å²) in [6.07, 6.45) is 1.61. The predicted molar refractivity (Wildman–Crippen MR) is 82.9 cm³/mol. The van der Waals surface area contributed by atoms with Crippen LogP contribution < -0.4 is 10.2 Å². The average molecular weight is 292 g/mol. The molecule has 1 aromatic heterocycles. The lowest BCUT2D eigenvalue weighted by Gasteiger charge is -2.18. The molecule has 6 heteroatoms. The van der Waals surface area contributed by atoms with Crippen molar-refractivity contribution < 1.29 is 0 Å². The van der Waals surface area contributed by atoms with Crippen molar-refractivity contribution in [2.75, 3.05) is 23.3 Å². The maximum absolute atomic E-state index is 5.95. The summed E-state index contributed by atoms with van der Waals surface area (Å²) in [7, 11) is 0. The number of aryl methyl sites for hydroxylation is 1. The number of anilines is 3. The van der Waals surface area contributed by atoms with Crippen molar-refractivity contribution in [1.29, 1.82) is 0 Å². The summed E-state index contributed by atoms with van der Waals surface area (Å²) in [5, 5.41) is 12.0. The number of halogens is 1. The van der Waals surface area contributed by atoms with Gasteiger partial charge in [-0.05, 0) is 44.5 Å². The van der Waals surface area contributed by atoms with Crippen LogP contribution in [0, 0.1) is 6.92 Å². The highest BCUT2D eigenvalue weighted by Gasteiger charge is 2.08. The van der Waals surface area contributed by atoms with Gasteiger partial charge in [0.2, 0.25) is 5.95 Å². The molecule has 2 aromatic rings. The van der Waals surface area contributed by atoms with E-state index in [-0.39, 0.29) is 0 Å². The molecule has 0 aliphatic carbocycles. The topological polar surface area (TPSA) is 53.9 Å². The van der Waals surface area contributed by atoms with Crippen molar-refractivity contribution in [3.05, 3.63) is 35.0 Å². The van der Waals surface area contributed by atoms with E-state index in [9.17, 15) is 0 Å². The highest BCUT2D eigenvalue weighted by molar-refractivity contribution is 6.30. The molecule has 0 bridgehead atoms. The van der Waals surface area contributed by atoms with Crippen molar-refractivity contribution in [3.63, 3.8) is 0 Å². The Bertz CT molecular complexity index is 584. The smallest absolute Gasteiger partial charge is 0.247 e. The molecule has 106 valence electrons. The normalized spacial score (nSPS) is 10.4. The van der Waals surface area contributed by atoms with Crippen molar-refractivity contribution in [1.82, 2.24) is 15.2 Å². The molecule has 0 radical (unpaired) electrons. The molecular weight excluding hydrogens is 274 g/mol. The maximum atomic E-state index is 5.95. The third-order valence-corrected chi connectivity index (χ3v) is 3.28. The van der Waals surface area contributed by atoms with Gasteiger partial charge in [-0.1, -0.05) is 11.6 Å².